The number of rotatable bonds is 5. The van der Waals surface area contributed by atoms with E-state index in [4.69, 9.17) is 0 Å². The minimum absolute atomic E-state index is 0.0290. The molecule has 2 aromatic carbocycles. The molecule has 156 valence electrons. The van der Waals surface area contributed by atoms with Gasteiger partial charge < -0.3 is 10.6 Å². The van der Waals surface area contributed by atoms with E-state index in [1.165, 1.54) is 0 Å². The van der Waals surface area contributed by atoms with Crippen molar-refractivity contribution in [3.05, 3.63) is 66.5 Å². The van der Waals surface area contributed by atoms with Gasteiger partial charge in [-0.25, -0.2) is 13.7 Å². The van der Waals surface area contributed by atoms with Gasteiger partial charge in [-0.2, -0.15) is 4.98 Å². The molecule has 9 nitrogen and oxygen atoms in total. The van der Waals surface area contributed by atoms with Crippen molar-refractivity contribution in [1.82, 2.24) is 19.6 Å². The minimum Gasteiger partial charge on any atom is -0.325 e. The fraction of sp³-hybridized carbons (Fsp3) is 0.143. The summed E-state index contributed by atoms with van der Waals surface area (Å²) in [7, 11) is -1.48. The first-order valence-corrected chi connectivity index (χ1v) is 10.7. The number of hydrogen-bond donors (Lipinski definition) is 3. The third-order valence-electron chi connectivity index (χ3n) is 5.17. The largest absolute Gasteiger partial charge is 0.325 e. The van der Waals surface area contributed by atoms with E-state index in [2.05, 4.69) is 30.4 Å². The Balaban J connectivity index is 1.41. The van der Waals surface area contributed by atoms with Crippen LogP contribution in [0.4, 0.5) is 23.1 Å². The maximum atomic E-state index is 12.6. The molecule has 4 aromatic rings. The van der Waals surface area contributed by atoms with Crippen molar-refractivity contribution in [1.29, 1.82) is 0 Å². The van der Waals surface area contributed by atoms with Crippen molar-refractivity contribution in [3.8, 4) is 0 Å². The molecule has 1 unspecified atom stereocenters. The summed E-state index contributed by atoms with van der Waals surface area (Å²) >= 11 is 0. The van der Waals surface area contributed by atoms with Crippen LogP contribution >= 0.6 is 0 Å². The van der Waals surface area contributed by atoms with Gasteiger partial charge in [0.2, 0.25) is 17.5 Å². The molecule has 0 radical (unpaired) electrons. The molecule has 5 rings (SSSR count). The predicted octanol–water partition coefficient (Wildman–Crippen LogP) is 3.23. The van der Waals surface area contributed by atoms with Gasteiger partial charge in [0.05, 0.1) is 10.3 Å². The third kappa shape index (κ3) is 3.40. The normalized spacial score (nSPS) is 15.4. The summed E-state index contributed by atoms with van der Waals surface area (Å²) < 4.78 is 17.0. The number of benzene rings is 2. The van der Waals surface area contributed by atoms with Crippen molar-refractivity contribution in [2.45, 2.75) is 24.2 Å². The summed E-state index contributed by atoms with van der Waals surface area (Å²) in [5, 5.41) is 10.5. The van der Waals surface area contributed by atoms with E-state index in [1.807, 2.05) is 50.2 Å². The second-order valence-electron chi connectivity index (χ2n) is 7.63. The Kier molecular flexibility index (Phi) is 4.44. The Morgan fingerprint density at radius 3 is 2.74 bits per heavy atom. The SMILES string of the molecule is CC1(C)C(=O)Nc2cc(Nc3nc4c(NS(=O)c5ccccc5)nccn4n3)ccc21. The Morgan fingerprint density at radius 2 is 1.94 bits per heavy atom. The number of nitrogens with zero attached hydrogens (tertiary/aromatic N) is 4. The zero-order valence-electron chi connectivity index (χ0n) is 16.8. The van der Waals surface area contributed by atoms with Crippen molar-refractivity contribution < 1.29 is 9.00 Å². The molecule has 3 N–H and O–H groups in total. The number of hydrogen-bond acceptors (Lipinski definition) is 6. The average Bonchev–Trinajstić information content (AvgIpc) is 3.26. The van der Waals surface area contributed by atoms with E-state index in [0.717, 1.165) is 16.9 Å². The Labute approximate surface area is 180 Å². The van der Waals surface area contributed by atoms with Gasteiger partial charge in [-0.1, -0.05) is 24.3 Å². The zero-order valence-corrected chi connectivity index (χ0v) is 17.6. The minimum atomic E-state index is -1.48. The van der Waals surface area contributed by atoms with Gasteiger partial charge in [-0.3, -0.25) is 9.52 Å². The third-order valence-corrected chi connectivity index (χ3v) is 6.25. The number of carbonyl (C=O) groups excluding carboxylic acids is 1. The van der Waals surface area contributed by atoms with Crippen LogP contribution in [-0.2, 0) is 21.2 Å². The number of anilines is 4. The van der Waals surface area contributed by atoms with Crippen LogP contribution in [0.1, 0.15) is 19.4 Å². The van der Waals surface area contributed by atoms with Crippen LogP contribution in [0.2, 0.25) is 0 Å². The highest BCUT2D eigenvalue weighted by atomic mass is 32.2. The molecule has 0 saturated heterocycles. The van der Waals surface area contributed by atoms with Crippen LogP contribution < -0.4 is 15.4 Å². The standard InChI is InChI=1S/C21H19N7O2S/c1-21(2)15-9-8-13(12-16(15)24-19(21)29)23-20-25-18-17(22-10-11-28(18)26-20)27-31(30)14-6-4-3-5-7-14/h3-12H,1-2H3,(H,22,27)(H,23,26)(H,24,29). The van der Waals surface area contributed by atoms with E-state index in [0.29, 0.717) is 22.3 Å². The lowest BCUT2D eigenvalue weighted by Crippen LogP contribution is -2.26. The smallest absolute Gasteiger partial charge is 0.247 e. The maximum Gasteiger partial charge on any atom is 0.247 e. The van der Waals surface area contributed by atoms with Crippen LogP contribution in [0.3, 0.4) is 0 Å². The van der Waals surface area contributed by atoms with E-state index in [-0.39, 0.29) is 5.91 Å². The Hall–Kier alpha value is -3.79. The van der Waals surface area contributed by atoms with E-state index >= 15 is 0 Å². The maximum absolute atomic E-state index is 12.6. The van der Waals surface area contributed by atoms with Crippen molar-refractivity contribution in [2.24, 2.45) is 0 Å². The first-order valence-electron chi connectivity index (χ1n) is 9.60. The number of carbonyl (C=O) groups is 1. The van der Waals surface area contributed by atoms with E-state index in [9.17, 15) is 9.00 Å². The van der Waals surface area contributed by atoms with Crippen LogP contribution in [0, 0.1) is 0 Å². The molecule has 0 spiro atoms. The summed E-state index contributed by atoms with van der Waals surface area (Å²) in [6.45, 7) is 3.79. The lowest BCUT2D eigenvalue weighted by atomic mass is 9.86. The molecule has 0 saturated carbocycles. The fourth-order valence-electron chi connectivity index (χ4n) is 3.43. The summed E-state index contributed by atoms with van der Waals surface area (Å²) in [5.41, 5.74) is 2.33. The number of aromatic nitrogens is 4. The van der Waals surface area contributed by atoms with E-state index < -0.39 is 16.4 Å². The van der Waals surface area contributed by atoms with Crippen LogP contribution in [-0.4, -0.2) is 29.7 Å². The average molecular weight is 433 g/mol. The van der Waals surface area contributed by atoms with Crippen LogP contribution in [0.5, 0.6) is 0 Å². The number of nitrogens with one attached hydrogen (secondary N) is 3. The lowest BCUT2D eigenvalue weighted by molar-refractivity contribution is -0.119. The molecule has 2 aromatic heterocycles. The Morgan fingerprint density at radius 1 is 1.13 bits per heavy atom. The summed E-state index contributed by atoms with van der Waals surface area (Å²) in [6.07, 6.45) is 3.22. The first kappa shape index (κ1) is 19.2. The second kappa shape index (κ2) is 7.17. The first-order chi connectivity index (χ1) is 14.9. The van der Waals surface area contributed by atoms with Gasteiger partial charge in [0.25, 0.3) is 0 Å². The molecule has 0 bridgehead atoms. The molecule has 0 fully saturated rings. The summed E-state index contributed by atoms with van der Waals surface area (Å²) in [6, 6.07) is 14.7. The highest BCUT2D eigenvalue weighted by Gasteiger charge is 2.38. The number of fused-ring (bicyclic) bond motifs is 2. The predicted molar refractivity (Wildman–Crippen MR) is 119 cm³/mol. The van der Waals surface area contributed by atoms with Crippen molar-refractivity contribution in [2.75, 3.05) is 15.4 Å². The molecular formula is C21H19N7O2S. The molecule has 0 aliphatic carbocycles. The van der Waals surface area contributed by atoms with Gasteiger partial charge in [-0.15, -0.1) is 5.10 Å². The van der Waals surface area contributed by atoms with Crippen molar-refractivity contribution >= 4 is 45.7 Å². The topological polar surface area (TPSA) is 113 Å². The molecule has 1 atom stereocenters. The van der Waals surface area contributed by atoms with Gasteiger partial charge in [0.1, 0.15) is 0 Å². The van der Waals surface area contributed by atoms with Gasteiger partial charge >= 0.3 is 0 Å². The molecule has 31 heavy (non-hydrogen) atoms. The molecule has 1 amide bonds. The molecule has 1 aliphatic heterocycles. The quantitative estimate of drug-likeness (QED) is 0.445. The highest BCUT2D eigenvalue weighted by Crippen LogP contribution is 2.38. The lowest BCUT2D eigenvalue weighted by Gasteiger charge is -2.14. The van der Waals surface area contributed by atoms with E-state index in [1.54, 1.807) is 29.0 Å². The van der Waals surface area contributed by atoms with Crippen molar-refractivity contribution in [3.63, 3.8) is 0 Å². The molecule has 3 heterocycles. The fourth-order valence-corrected chi connectivity index (χ4v) is 4.28. The highest BCUT2D eigenvalue weighted by molar-refractivity contribution is 7.86. The molecule has 1 aliphatic rings. The summed E-state index contributed by atoms with van der Waals surface area (Å²) in [4.78, 5) is 21.5. The zero-order chi connectivity index (χ0) is 21.6. The molecule has 10 heteroatoms. The number of amides is 1. The Bertz CT molecular complexity index is 1330. The van der Waals surface area contributed by atoms with Crippen LogP contribution in [0.25, 0.3) is 5.65 Å². The van der Waals surface area contributed by atoms with Gasteiger partial charge in [-0.05, 0) is 43.7 Å². The van der Waals surface area contributed by atoms with Gasteiger partial charge in [0, 0.05) is 23.8 Å². The van der Waals surface area contributed by atoms with Crippen LogP contribution in [0.15, 0.2) is 65.8 Å². The summed E-state index contributed by atoms with van der Waals surface area (Å²) in [5.74, 6) is 0.678. The van der Waals surface area contributed by atoms with Gasteiger partial charge in [0.15, 0.2) is 16.8 Å². The second-order valence-corrected chi connectivity index (χ2v) is 8.84. The monoisotopic (exact) mass is 433 g/mol. The molecular weight excluding hydrogens is 414 g/mol.